The second kappa shape index (κ2) is 19.2. The number of fused-ring (bicyclic) bond motifs is 2. The molecule has 0 aliphatic heterocycles. The van der Waals surface area contributed by atoms with Crippen molar-refractivity contribution in [1.82, 2.24) is 26.3 Å². The number of hydrogen-bond acceptors (Lipinski definition) is 8. The van der Waals surface area contributed by atoms with Crippen molar-refractivity contribution in [3.8, 4) is 0 Å². The van der Waals surface area contributed by atoms with Crippen molar-refractivity contribution in [2.75, 3.05) is 0 Å². The molecule has 0 saturated heterocycles. The van der Waals surface area contributed by atoms with E-state index in [4.69, 9.17) is 22.1 Å². The maximum atomic E-state index is 14.3. The molecule has 0 aliphatic rings. The molecule has 0 aliphatic carbocycles. The Kier molecular flexibility index (Phi) is 14.1. The van der Waals surface area contributed by atoms with Crippen molar-refractivity contribution in [3.05, 3.63) is 118 Å². The minimum Gasteiger partial charge on any atom is -0.481 e. The lowest BCUT2D eigenvalue weighted by Crippen LogP contribution is -2.59. The van der Waals surface area contributed by atoms with Gasteiger partial charge in [0.2, 0.25) is 23.6 Å². The molecule has 314 valence electrons. The lowest BCUT2D eigenvalue weighted by molar-refractivity contribution is -0.143. The highest BCUT2D eigenvalue weighted by Crippen LogP contribution is 2.21. The fourth-order valence-corrected chi connectivity index (χ4v) is 6.74. The number of benzene rings is 4. The maximum absolute atomic E-state index is 14.3. The number of aliphatic carboxylic acids is 2. The Morgan fingerprint density at radius 3 is 1.97 bits per heavy atom. The van der Waals surface area contributed by atoms with Gasteiger partial charge in [-0.15, -0.1) is 0 Å². The number of aromatic nitrogens is 1. The first-order valence-electron chi connectivity index (χ1n) is 18.8. The monoisotopic (exact) mass is 840 g/mol. The van der Waals surface area contributed by atoms with E-state index >= 15 is 0 Å². The Hall–Kier alpha value is -6.94. The molecular weight excluding hydrogens is 796 g/mol. The molecule has 0 radical (unpaired) electrons. The zero-order chi connectivity index (χ0) is 43.7. The van der Waals surface area contributed by atoms with Crippen LogP contribution in [0.1, 0.15) is 54.2 Å². The molecule has 0 saturated carbocycles. The number of amides is 5. The first-order valence-corrected chi connectivity index (χ1v) is 19.2. The van der Waals surface area contributed by atoms with Crippen LogP contribution in [-0.4, -0.2) is 86.6 Å². The number of nitrogens with two attached hydrogens (primary N) is 1. The fraction of sp³-hybridized carbons (Fsp3) is 0.279. The number of ether oxygens (including phenoxy) is 1. The second-order valence-corrected chi connectivity index (χ2v) is 15.6. The van der Waals surface area contributed by atoms with Gasteiger partial charge in [0.15, 0.2) is 0 Å². The van der Waals surface area contributed by atoms with E-state index in [2.05, 4.69) is 26.3 Å². The Morgan fingerprint density at radius 2 is 1.30 bits per heavy atom. The molecule has 1 aromatic heterocycles. The first kappa shape index (κ1) is 44.2. The van der Waals surface area contributed by atoms with E-state index in [1.807, 2.05) is 54.6 Å². The summed E-state index contributed by atoms with van der Waals surface area (Å²) < 4.78 is 5.45. The van der Waals surface area contributed by atoms with Crippen LogP contribution in [0.25, 0.3) is 21.7 Å². The third-order valence-corrected chi connectivity index (χ3v) is 9.62. The summed E-state index contributed by atoms with van der Waals surface area (Å²) in [7, 11) is 0. The molecule has 0 unspecified atom stereocenters. The largest absolute Gasteiger partial charge is 0.481 e. The highest BCUT2D eigenvalue weighted by Gasteiger charge is 2.34. The summed E-state index contributed by atoms with van der Waals surface area (Å²) in [5.41, 5.74) is 6.63. The molecule has 60 heavy (non-hydrogen) atoms. The molecule has 0 fully saturated rings. The average Bonchev–Trinajstić information content (AvgIpc) is 3.58. The quantitative estimate of drug-likeness (QED) is 0.0667. The van der Waals surface area contributed by atoms with Gasteiger partial charge in [0.1, 0.15) is 29.8 Å². The molecule has 4 atom stereocenters. The molecule has 5 rings (SSSR count). The van der Waals surface area contributed by atoms with Crippen LogP contribution in [0.15, 0.2) is 91.1 Å². The third-order valence-electron chi connectivity index (χ3n) is 9.38. The van der Waals surface area contributed by atoms with Gasteiger partial charge in [-0.2, -0.15) is 0 Å². The molecule has 0 bridgehead atoms. The molecule has 1 heterocycles. The summed E-state index contributed by atoms with van der Waals surface area (Å²) in [4.78, 5) is 94.8. The summed E-state index contributed by atoms with van der Waals surface area (Å²) in [6, 6.07) is 17.9. The normalized spacial score (nSPS) is 13.3. The van der Waals surface area contributed by atoms with E-state index in [9.17, 15) is 43.8 Å². The van der Waals surface area contributed by atoms with Crippen LogP contribution >= 0.6 is 11.6 Å². The summed E-state index contributed by atoms with van der Waals surface area (Å²) in [6.07, 6.45) is -0.816. The highest BCUT2D eigenvalue weighted by molar-refractivity contribution is 6.31. The van der Waals surface area contributed by atoms with Gasteiger partial charge >= 0.3 is 18.0 Å². The SMILES string of the molecule is CC(C)(C)OC(=O)N[C@@H](Cc1c[nH]c2ccccc12)C(=O)N[C@@H](Cc1ccc2ccccc2c1)C(=O)N[C@@H](CC(=O)O)C(=O)N[C@@H](Cc1ccc(Cl)cc1C(N)=O)C(=O)O. The average molecular weight is 841 g/mol. The number of nitrogens with one attached hydrogen (secondary N) is 5. The number of primary amides is 1. The predicted octanol–water partition coefficient (Wildman–Crippen LogP) is 4.01. The van der Waals surface area contributed by atoms with Gasteiger partial charge < -0.3 is 46.9 Å². The van der Waals surface area contributed by atoms with Crippen LogP contribution in [-0.2, 0) is 48.0 Å². The number of carboxylic acid groups (broad SMARTS) is 2. The zero-order valence-corrected chi connectivity index (χ0v) is 33.7. The third kappa shape index (κ3) is 12.0. The van der Waals surface area contributed by atoms with Crippen molar-refractivity contribution in [2.24, 2.45) is 5.73 Å². The number of halogens is 1. The van der Waals surface area contributed by atoms with E-state index in [1.165, 1.54) is 18.2 Å². The number of alkyl carbamates (subject to hydrolysis) is 1. The van der Waals surface area contributed by atoms with Crippen LogP contribution in [0.5, 0.6) is 0 Å². The number of H-pyrrole nitrogens is 1. The molecule has 0 spiro atoms. The van der Waals surface area contributed by atoms with E-state index < -0.39 is 84.3 Å². The molecule has 5 aromatic rings. The first-order chi connectivity index (χ1) is 28.4. The van der Waals surface area contributed by atoms with Gasteiger partial charge in [-0.3, -0.25) is 24.0 Å². The van der Waals surface area contributed by atoms with E-state index in [0.717, 1.165) is 21.7 Å². The molecule has 5 amide bonds. The van der Waals surface area contributed by atoms with Gasteiger partial charge in [-0.1, -0.05) is 78.3 Å². The topological polar surface area (TPSA) is 259 Å². The van der Waals surface area contributed by atoms with Crippen LogP contribution in [0.3, 0.4) is 0 Å². The van der Waals surface area contributed by atoms with Crippen molar-refractivity contribution in [1.29, 1.82) is 0 Å². The Labute approximate surface area is 349 Å². The molecule has 17 heteroatoms. The number of aromatic amines is 1. The maximum Gasteiger partial charge on any atom is 0.408 e. The minimum atomic E-state index is -1.84. The number of carboxylic acids is 2. The minimum absolute atomic E-state index is 0.0366. The van der Waals surface area contributed by atoms with Crippen LogP contribution in [0, 0.1) is 0 Å². The highest BCUT2D eigenvalue weighted by atomic mass is 35.5. The Balaban J connectivity index is 1.44. The smallest absolute Gasteiger partial charge is 0.408 e. The van der Waals surface area contributed by atoms with Crippen molar-refractivity contribution in [3.63, 3.8) is 0 Å². The number of carbonyl (C=O) groups excluding carboxylic acids is 5. The summed E-state index contributed by atoms with van der Waals surface area (Å²) in [6.45, 7) is 4.97. The van der Waals surface area contributed by atoms with Gasteiger partial charge in [-0.05, 0) is 66.4 Å². The van der Waals surface area contributed by atoms with Gasteiger partial charge in [-0.25, -0.2) is 9.59 Å². The number of carbonyl (C=O) groups is 7. The fourth-order valence-electron chi connectivity index (χ4n) is 6.57. The zero-order valence-electron chi connectivity index (χ0n) is 32.9. The second-order valence-electron chi connectivity index (χ2n) is 15.1. The van der Waals surface area contributed by atoms with Crippen LogP contribution in [0.4, 0.5) is 4.79 Å². The number of hydrogen-bond donors (Lipinski definition) is 8. The van der Waals surface area contributed by atoms with E-state index in [0.29, 0.717) is 11.1 Å². The Bertz CT molecular complexity index is 2440. The van der Waals surface area contributed by atoms with Crippen LogP contribution in [0.2, 0.25) is 5.02 Å². The summed E-state index contributed by atoms with van der Waals surface area (Å²) in [5.74, 6) is -6.90. The molecule has 16 nitrogen and oxygen atoms in total. The lowest BCUT2D eigenvalue weighted by atomic mass is 9.99. The summed E-state index contributed by atoms with van der Waals surface area (Å²) in [5, 5.41) is 32.4. The standard InChI is InChI=1S/C43H45ClN6O10/c1-43(2,3)60-42(59)50-33(19-27-22-46-31-11-7-6-10-29(27)31)39(55)47-32(17-23-12-13-24-8-4-5-9-25(24)16-23)38(54)48-34(21-36(51)52)40(56)49-35(41(57)58)18-26-14-15-28(44)20-30(26)37(45)53/h4-16,20,22,32-35,46H,17-19,21H2,1-3H3,(H2,45,53)(H,47,55)(H,48,54)(H,49,56)(H,50,59)(H,51,52)(H,57,58)/t32-,33-,34-,35-/m0/s1. The van der Waals surface area contributed by atoms with E-state index in [1.54, 1.807) is 39.1 Å². The molecule has 4 aromatic carbocycles. The van der Waals surface area contributed by atoms with Crippen molar-refractivity contribution in [2.45, 2.75) is 76.2 Å². The Morgan fingerprint density at radius 1 is 0.700 bits per heavy atom. The van der Waals surface area contributed by atoms with E-state index in [-0.39, 0.29) is 29.0 Å². The van der Waals surface area contributed by atoms with Crippen molar-refractivity contribution < 1.29 is 48.5 Å². The van der Waals surface area contributed by atoms with Gasteiger partial charge in [0.05, 0.1) is 6.42 Å². The van der Waals surface area contributed by atoms with Crippen molar-refractivity contribution >= 4 is 74.9 Å². The lowest BCUT2D eigenvalue weighted by Gasteiger charge is -2.27. The number of rotatable bonds is 17. The predicted molar refractivity (Wildman–Crippen MR) is 222 cm³/mol. The number of para-hydroxylation sites is 1. The molecule has 9 N–H and O–H groups in total. The molecular formula is C43H45ClN6O10. The van der Waals surface area contributed by atoms with Gasteiger partial charge in [0.25, 0.3) is 0 Å². The van der Waals surface area contributed by atoms with Crippen LogP contribution < -0.4 is 27.0 Å². The summed E-state index contributed by atoms with van der Waals surface area (Å²) >= 11 is 5.99. The van der Waals surface area contributed by atoms with Gasteiger partial charge in [0, 0.05) is 46.9 Å².